The average Bonchev–Trinajstić information content (AvgIpc) is 2.71. The van der Waals surface area contributed by atoms with E-state index in [2.05, 4.69) is 53.8 Å². The lowest BCUT2D eigenvalue weighted by Crippen LogP contribution is -2.07. The lowest BCUT2D eigenvalue weighted by atomic mass is 10.1. The molecule has 0 spiro atoms. The fraction of sp³-hybridized carbons (Fsp3) is 0.500. The van der Waals surface area contributed by atoms with E-state index in [0.717, 1.165) is 43.0 Å². The van der Waals surface area contributed by atoms with Crippen molar-refractivity contribution in [2.75, 3.05) is 11.9 Å². The molecule has 0 amide bonds. The highest BCUT2D eigenvalue weighted by Crippen LogP contribution is 2.16. The number of anilines is 1. The van der Waals surface area contributed by atoms with Gasteiger partial charge in [0.1, 0.15) is 0 Å². The van der Waals surface area contributed by atoms with Crippen molar-refractivity contribution in [1.29, 1.82) is 0 Å². The fourth-order valence-electron chi connectivity index (χ4n) is 2.50. The topological polar surface area (TPSA) is 42.7 Å². The number of hydrogen-bond donors (Lipinski definition) is 1. The molecule has 0 aliphatic heterocycles. The van der Waals surface area contributed by atoms with E-state index < -0.39 is 0 Å². The molecule has 0 saturated carbocycles. The molecule has 0 atom stereocenters. The van der Waals surface area contributed by atoms with Crippen LogP contribution >= 0.6 is 0 Å². The molecule has 2 heterocycles. The molecule has 2 aromatic rings. The van der Waals surface area contributed by atoms with Crippen LogP contribution in [0.15, 0.2) is 18.3 Å². The van der Waals surface area contributed by atoms with Gasteiger partial charge in [-0.25, -0.2) is 0 Å². The van der Waals surface area contributed by atoms with Gasteiger partial charge < -0.3 is 5.32 Å². The van der Waals surface area contributed by atoms with Crippen LogP contribution in [0.5, 0.6) is 0 Å². The van der Waals surface area contributed by atoms with Crippen molar-refractivity contribution in [3.63, 3.8) is 0 Å². The SMILES string of the molecule is CCCNc1ccnc(Cn2nc(C)c(CC)c2C)c1. The van der Waals surface area contributed by atoms with E-state index in [1.165, 1.54) is 11.3 Å². The zero-order valence-corrected chi connectivity index (χ0v) is 12.9. The summed E-state index contributed by atoms with van der Waals surface area (Å²) in [6.07, 6.45) is 4.01. The third-order valence-electron chi connectivity index (χ3n) is 3.59. The van der Waals surface area contributed by atoms with Crippen molar-refractivity contribution >= 4 is 5.69 Å². The largest absolute Gasteiger partial charge is 0.385 e. The number of hydrogen-bond acceptors (Lipinski definition) is 3. The molecule has 2 aromatic heterocycles. The molecular formula is C16H24N4. The van der Waals surface area contributed by atoms with Crippen LogP contribution in [0.25, 0.3) is 0 Å². The summed E-state index contributed by atoms with van der Waals surface area (Å²) in [5.41, 5.74) is 5.91. The molecule has 2 rings (SSSR count). The highest BCUT2D eigenvalue weighted by molar-refractivity contribution is 5.43. The van der Waals surface area contributed by atoms with Gasteiger partial charge in [0.05, 0.1) is 17.9 Å². The highest BCUT2D eigenvalue weighted by Gasteiger charge is 2.10. The van der Waals surface area contributed by atoms with Crippen LogP contribution in [0.2, 0.25) is 0 Å². The van der Waals surface area contributed by atoms with Gasteiger partial charge in [-0.2, -0.15) is 5.10 Å². The van der Waals surface area contributed by atoms with Crippen molar-refractivity contribution in [2.45, 2.75) is 47.1 Å². The second-order valence-corrected chi connectivity index (χ2v) is 5.12. The van der Waals surface area contributed by atoms with Gasteiger partial charge in [-0.05, 0) is 44.4 Å². The van der Waals surface area contributed by atoms with Crippen LogP contribution in [-0.2, 0) is 13.0 Å². The smallest absolute Gasteiger partial charge is 0.0835 e. The molecule has 0 saturated heterocycles. The number of aryl methyl sites for hydroxylation is 1. The van der Waals surface area contributed by atoms with Gasteiger partial charge in [-0.1, -0.05) is 13.8 Å². The number of rotatable bonds is 6. The number of pyridine rings is 1. The lowest BCUT2D eigenvalue weighted by Gasteiger charge is -2.08. The minimum atomic E-state index is 0.730. The van der Waals surface area contributed by atoms with Gasteiger partial charge in [-0.15, -0.1) is 0 Å². The molecule has 0 aliphatic rings. The maximum Gasteiger partial charge on any atom is 0.0835 e. The van der Waals surface area contributed by atoms with E-state index in [4.69, 9.17) is 0 Å². The molecule has 0 bridgehead atoms. The molecule has 0 aliphatic carbocycles. The van der Waals surface area contributed by atoms with Crippen molar-refractivity contribution in [1.82, 2.24) is 14.8 Å². The first-order chi connectivity index (χ1) is 9.65. The van der Waals surface area contributed by atoms with E-state index in [-0.39, 0.29) is 0 Å². The van der Waals surface area contributed by atoms with Crippen LogP contribution in [-0.4, -0.2) is 21.3 Å². The average molecular weight is 272 g/mol. The van der Waals surface area contributed by atoms with E-state index in [0.29, 0.717) is 0 Å². The normalized spacial score (nSPS) is 10.8. The Balaban J connectivity index is 2.17. The quantitative estimate of drug-likeness (QED) is 0.877. The maximum absolute atomic E-state index is 4.62. The summed E-state index contributed by atoms with van der Waals surface area (Å²) >= 11 is 0. The Morgan fingerprint density at radius 2 is 2.05 bits per heavy atom. The predicted molar refractivity (Wildman–Crippen MR) is 83.2 cm³/mol. The van der Waals surface area contributed by atoms with E-state index in [1.807, 2.05) is 12.3 Å². The summed E-state index contributed by atoms with van der Waals surface area (Å²) in [7, 11) is 0. The molecular weight excluding hydrogens is 248 g/mol. The first kappa shape index (κ1) is 14.6. The van der Waals surface area contributed by atoms with Gasteiger partial charge in [0.25, 0.3) is 0 Å². The Morgan fingerprint density at radius 1 is 1.25 bits per heavy atom. The van der Waals surface area contributed by atoms with Crippen molar-refractivity contribution < 1.29 is 0 Å². The Morgan fingerprint density at radius 3 is 2.70 bits per heavy atom. The van der Waals surface area contributed by atoms with Gasteiger partial charge in [0, 0.05) is 24.1 Å². The number of aromatic nitrogens is 3. The van der Waals surface area contributed by atoms with Gasteiger partial charge in [0.15, 0.2) is 0 Å². The zero-order valence-electron chi connectivity index (χ0n) is 12.9. The first-order valence-corrected chi connectivity index (χ1v) is 7.37. The van der Waals surface area contributed by atoms with Gasteiger partial charge in [0.2, 0.25) is 0 Å². The second kappa shape index (κ2) is 6.55. The third-order valence-corrected chi connectivity index (χ3v) is 3.59. The van der Waals surface area contributed by atoms with E-state index >= 15 is 0 Å². The minimum absolute atomic E-state index is 0.730. The predicted octanol–water partition coefficient (Wildman–Crippen LogP) is 3.33. The van der Waals surface area contributed by atoms with Crippen LogP contribution in [0.4, 0.5) is 5.69 Å². The Kier molecular flexibility index (Phi) is 4.77. The molecule has 20 heavy (non-hydrogen) atoms. The molecule has 108 valence electrons. The number of nitrogens with zero attached hydrogens (tertiary/aromatic N) is 3. The third kappa shape index (κ3) is 3.18. The summed E-state index contributed by atoms with van der Waals surface area (Å²) in [5, 5.41) is 8.02. The molecule has 0 fully saturated rings. The van der Waals surface area contributed by atoms with Crippen LogP contribution in [0.1, 0.15) is 42.9 Å². The molecule has 0 unspecified atom stereocenters. The monoisotopic (exact) mass is 272 g/mol. The van der Waals surface area contributed by atoms with Crippen LogP contribution < -0.4 is 5.32 Å². The standard InChI is InChI=1S/C16H24N4/c1-5-8-17-14-7-9-18-15(10-14)11-20-13(4)16(6-2)12(3)19-20/h7,9-10H,5-6,8,11H2,1-4H3,(H,17,18). The van der Waals surface area contributed by atoms with E-state index in [1.54, 1.807) is 0 Å². The van der Waals surface area contributed by atoms with E-state index in [9.17, 15) is 0 Å². The van der Waals surface area contributed by atoms with Crippen LogP contribution in [0.3, 0.4) is 0 Å². The minimum Gasteiger partial charge on any atom is -0.385 e. The molecule has 4 nitrogen and oxygen atoms in total. The summed E-state index contributed by atoms with van der Waals surface area (Å²) in [6, 6.07) is 4.12. The first-order valence-electron chi connectivity index (χ1n) is 7.37. The summed E-state index contributed by atoms with van der Waals surface area (Å²) in [6.45, 7) is 10.3. The van der Waals surface area contributed by atoms with Gasteiger partial charge >= 0.3 is 0 Å². The van der Waals surface area contributed by atoms with Crippen molar-refractivity contribution in [3.05, 3.63) is 41.0 Å². The Bertz CT molecular complexity index is 572. The second-order valence-electron chi connectivity index (χ2n) is 5.12. The molecule has 0 radical (unpaired) electrons. The summed E-state index contributed by atoms with van der Waals surface area (Å²) in [4.78, 5) is 4.45. The summed E-state index contributed by atoms with van der Waals surface area (Å²) in [5.74, 6) is 0. The highest BCUT2D eigenvalue weighted by atomic mass is 15.3. The van der Waals surface area contributed by atoms with Crippen molar-refractivity contribution in [2.24, 2.45) is 0 Å². The number of nitrogens with one attached hydrogen (secondary N) is 1. The van der Waals surface area contributed by atoms with Crippen molar-refractivity contribution in [3.8, 4) is 0 Å². The fourth-order valence-corrected chi connectivity index (χ4v) is 2.50. The Hall–Kier alpha value is -1.84. The molecule has 4 heteroatoms. The summed E-state index contributed by atoms with van der Waals surface area (Å²) < 4.78 is 2.06. The lowest BCUT2D eigenvalue weighted by molar-refractivity contribution is 0.646. The van der Waals surface area contributed by atoms with Crippen LogP contribution in [0, 0.1) is 13.8 Å². The Labute approximate surface area is 121 Å². The molecule has 0 aromatic carbocycles. The maximum atomic E-state index is 4.62. The van der Waals surface area contributed by atoms with Gasteiger partial charge in [-0.3, -0.25) is 9.67 Å². The molecule has 1 N–H and O–H groups in total. The zero-order chi connectivity index (χ0) is 14.5.